The second-order valence-corrected chi connectivity index (χ2v) is 16.7. The van der Waals surface area contributed by atoms with Gasteiger partial charge in [-0.15, -0.1) is 0 Å². The van der Waals surface area contributed by atoms with Crippen LogP contribution in [-0.4, -0.2) is 0 Å². The fourth-order valence-electron chi connectivity index (χ4n) is 1.58. The number of benzene rings is 2. The van der Waals surface area contributed by atoms with E-state index in [9.17, 15) is 0 Å². The van der Waals surface area contributed by atoms with Crippen molar-refractivity contribution in [1.29, 1.82) is 0 Å². The molecule has 0 spiro atoms. The van der Waals surface area contributed by atoms with Crippen molar-refractivity contribution in [2.75, 3.05) is 0 Å². The molecule has 0 fully saturated rings. The molecule has 0 aromatic heterocycles. The van der Waals surface area contributed by atoms with Gasteiger partial charge in [-0.25, -0.2) is 0 Å². The number of rotatable bonds is 6. The van der Waals surface area contributed by atoms with Gasteiger partial charge in [-0.3, -0.25) is 0 Å². The third kappa shape index (κ3) is 5.92. The highest BCUT2D eigenvalue weighted by molar-refractivity contribution is 8.98. The smallest absolute Gasteiger partial charge is 0.355 e. The minimum Gasteiger partial charge on any atom is -0.428 e. The summed E-state index contributed by atoms with van der Waals surface area (Å²) in [5.74, 6) is -0.0338. The molecule has 0 saturated carbocycles. The van der Waals surface area contributed by atoms with Crippen molar-refractivity contribution in [3.05, 3.63) is 59.7 Å². The van der Waals surface area contributed by atoms with E-state index in [2.05, 4.69) is 0 Å². The Hall–Kier alpha value is 0.0500. The Bertz CT molecular complexity index is 612. The van der Waals surface area contributed by atoms with Crippen LogP contribution in [0.5, 0.6) is 11.5 Å². The Balaban J connectivity index is 2.21. The van der Waals surface area contributed by atoms with Crippen molar-refractivity contribution in [3.8, 4) is 11.5 Å². The van der Waals surface area contributed by atoms with Crippen molar-refractivity contribution in [3.63, 3.8) is 0 Å². The minimum atomic E-state index is -2.73. The Kier molecular flexibility index (Phi) is 6.89. The first-order valence-electron chi connectivity index (χ1n) is 6.30. The second kappa shape index (κ2) is 8.24. The molecule has 0 aliphatic heterocycles. The molecule has 0 radical (unpaired) electrons. The van der Waals surface area contributed by atoms with E-state index < -0.39 is 11.5 Å². The molecule has 0 saturated heterocycles. The van der Waals surface area contributed by atoms with Gasteiger partial charge in [-0.1, -0.05) is 57.9 Å². The van der Waals surface area contributed by atoms with Crippen LogP contribution in [0.1, 0.15) is 11.1 Å². The molecule has 118 valence electrons. The summed E-state index contributed by atoms with van der Waals surface area (Å²) in [5.41, 5.74) is -0.448. The molecule has 2 aromatic carbocycles. The Morgan fingerprint density at radius 1 is 0.864 bits per heavy atom. The standard InChI is InChI=1S/C14H14Cl2O2P2S2/c1-11-3-7-13(8-4-11)17-20(21,22-19(15)16)18-14-9-5-12(2)6-10-14/h3-10H,1-2H3. The van der Waals surface area contributed by atoms with Gasteiger partial charge in [0.2, 0.25) is 0 Å². The van der Waals surface area contributed by atoms with Gasteiger partial charge >= 0.3 is 5.69 Å². The first-order chi connectivity index (χ1) is 10.4. The molecule has 0 bridgehead atoms. The van der Waals surface area contributed by atoms with E-state index in [1.54, 1.807) is 0 Å². The Morgan fingerprint density at radius 2 is 1.23 bits per heavy atom. The minimum absolute atomic E-state index is 0.652. The zero-order valence-corrected chi connectivity index (χ0v) is 16.8. The molecule has 22 heavy (non-hydrogen) atoms. The molecular formula is C14H14Cl2O2P2S2. The molecule has 2 aromatic rings. The number of halogens is 2. The van der Waals surface area contributed by atoms with Gasteiger partial charge in [-0.05, 0) is 38.1 Å². The summed E-state index contributed by atoms with van der Waals surface area (Å²) in [5, 5.41) is 0. The Labute approximate surface area is 150 Å². The number of hydrogen-bond donors (Lipinski definition) is 0. The maximum Gasteiger partial charge on any atom is 0.355 e. The van der Waals surface area contributed by atoms with Crippen molar-refractivity contribution in [2.24, 2.45) is 0 Å². The average molecular weight is 411 g/mol. The largest absolute Gasteiger partial charge is 0.428 e. The highest BCUT2D eigenvalue weighted by atomic mass is 35.9. The third-order valence-electron chi connectivity index (χ3n) is 2.64. The lowest BCUT2D eigenvalue weighted by atomic mass is 10.2. The molecular weight excluding hydrogens is 397 g/mol. The van der Waals surface area contributed by atoms with Gasteiger partial charge in [0.05, 0.1) is 0 Å². The lowest BCUT2D eigenvalue weighted by molar-refractivity contribution is 0.506. The summed E-state index contributed by atoms with van der Waals surface area (Å²) in [4.78, 5) is 0. The van der Waals surface area contributed by atoms with Crippen molar-refractivity contribution >= 4 is 56.8 Å². The van der Waals surface area contributed by atoms with Crippen LogP contribution in [0.2, 0.25) is 0 Å². The lowest BCUT2D eigenvalue weighted by Crippen LogP contribution is -1.96. The SMILES string of the molecule is Cc1ccc(OP(=S)(Oc2ccc(C)cc2)SP(Cl)Cl)cc1. The van der Waals surface area contributed by atoms with Crippen molar-refractivity contribution < 1.29 is 9.05 Å². The normalized spacial score (nSPS) is 11.5. The van der Waals surface area contributed by atoms with Gasteiger partial charge in [-0.2, -0.15) is 0 Å². The van der Waals surface area contributed by atoms with Gasteiger partial charge < -0.3 is 9.05 Å². The monoisotopic (exact) mass is 410 g/mol. The summed E-state index contributed by atoms with van der Waals surface area (Å²) in [7, 11) is 0. The van der Waals surface area contributed by atoms with Gasteiger partial charge in [0.15, 0.2) is 5.83 Å². The van der Waals surface area contributed by atoms with Gasteiger partial charge in [0.1, 0.15) is 11.5 Å². The van der Waals surface area contributed by atoms with Crippen LogP contribution in [0.4, 0.5) is 0 Å². The zero-order valence-electron chi connectivity index (χ0n) is 11.9. The van der Waals surface area contributed by atoms with Gasteiger partial charge in [0.25, 0.3) is 0 Å². The average Bonchev–Trinajstić information content (AvgIpc) is 2.43. The van der Waals surface area contributed by atoms with Gasteiger partial charge in [0, 0.05) is 22.8 Å². The van der Waals surface area contributed by atoms with Crippen LogP contribution in [0, 0.1) is 13.8 Å². The maximum absolute atomic E-state index is 5.94. The highest BCUT2D eigenvalue weighted by Gasteiger charge is 2.28. The second-order valence-electron chi connectivity index (χ2n) is 4.54. The maximum atomic E-state index is 5.94. The zero-order chi connectivity index (χ0) is 16.2. The summed E-state index contributed by atoms with van der Waals surface area (Å²) in [6.07, 6.45) is 0. The van der Waals surface area contributed by atoms with E-state index >= 15 is 0 Å². The van der Waals surface area contributed by atoms with E-state index in [0.717, 1.165) is 11.1 Å². The molecule has 0 atom stereocenters. The summed E-state index contributed by atoms with van der Waals surface area (Å²) < 4.78 is 11.8. The van der Waals surface area contributed by atoms with Crippen LogP contribution in [0.3, 0.4) is 0 Å². The molecule has 8 heteroatoms. The third-order valence-corrected chi connectivity index (χ3v) is 13.7. The molecule has 0 aliphatic carbocycles. The van der Waals surface area contributed by atoms with E-state index in [1.165, 1.54) is 11.0 Å². The fraction of sp³-hybridized carbons (Fsp3) is 0.143. The fourth-order valence-corrected chi connectivity index (χ4v) is 14.4. The van der Waals surface area contributed by atoms with E-state index in [1.807, 2.05) is 62.4 Å². The Morgan fingerprint density at radius 3 is 1.55 bits per heavy atom. The van der Waals surface area contributed by atoms with Crippen LogP contribution >= 0.6 is 45.0 Å². The molecule has 0 amide bonds. The first kappa shape index (κ1) is 18.4. The van der Waals surface area contributed by atoms with E-state index in [-0.39, 0.29) is 0 Å². The molecule has 2 nitrogen and oxygen atoms in total. The molecule has 0 heterocycles. The van der Waals surface area contributed by atoms with Crippen molar-refractivity contribution in [1.82, 2.24) is 0 Å². The number of aryl methyl sites for hydroxylation is 2. The topological polar surface area (TPSA) is 18.5 Å². The van der Waals surface area contributed by atoms with Crippen LogP contribution in [-0.2, 0) is 11.8 Å². The van der Waals surface area contributed by atoms with Crippen molar-refractivity contribution in [2.45, 2.75) is 13.8 Å². The molecule has 0 N–H and O–H groups in total. The predicted octanol–water partition coefficient (Wildman–Crippen LogP) is 7.42. The van der Waals surface area contributed by atoms with Crippen LogP contribution in [0.15, 0.2) is 48.5 Å². The molecule has 2 rings (SSSR count). The quantitative estimate of drug-likeness (QED) is 0.460. The van der Waals surface area contributed by atoms with Crippen LogP contribution < -0.4 is 9.05 Å². The highest BCUT2D eigenvalue weighted by Crippen LogP contribution is 2.77. The first-order valence-corrected chi connectivity index (χ1v) is 14.1. The van der Waals surface area contributed by atoms with Crippen LogP contribution in [0.25, 0.3) is 0 Å². The molecule has 0 unspecified atom stereocenters. The number of hydrogen-bond acceptors (Lipinski definition) is 4. The lowest BCUT2D eigenvalue weighted by Gasteiger charge is -2.22. The summed E-state index contributed by atoms with van der Waals surface area (Å²) in [6, 6.07) is 15.3. The summed E-state index contributed by atoms with van der Waals surface area (Å²) in [6.45, 7) is 4.02. The van der Waals surface area contributed by atoms with E-state index in [0.29, 0.717) is 11.5 Å². The predicted molar refractivity (Wildman–Crippen MR) is 104 cm³/mol. The molecule has 0 aliphatic rings. The summed E-state index contributed by atoms with van der Waals surface area (Å²) >= 11 is 18.6. The van der Waals surface area contributed by atoms with E-state index in [4.69, 9.17) is 43.3 Å².